The molecule has 2 N–H and O–H groups in total. The molecule has 1 aromatic heterocycles. The maximum absolute atomic E-state index is 14.9. The van der Waals surface area contributed by atoms with Gasteiger partial charge >= 0.3 is 0 Å². The summed E-state index contributed by atoms with van der Waals surface area (Å²) in [4.78, 5) is 16.8. The average Bonchev–Trinajstić information content (AvgIpc) is 3.56. The summed E-state index contributed by atoms with van der Waals surface area (Å²) in [6, 6.07) is 24.4. The van der Waals surface area contributed by atoms with Crippen LogP contribution in [0.2, 0.25) is 0 Å². The van der Waals surface area contributed by atoms with Crippen molar-refractivity contribution < 1.29 is 28.2 Å². The molecule has 232 valence electrons. The zero-order chi connectivity index (χ0) is 31.4. The number of ether oxygens (including phenoxy) is 2. The van der Waals surface area contributed by atoms with Crippen molar-refractivity contribution in [2.24, 2.45) is 0 Å². The number of benzene rings is 4. The Morgan fingerprint density at radius 3 is 2.56 bits per heavy atom. The molecule has 1 aliphatic heterocycles. The highest BCUT2D eigenvalue weighted by molar-refractivity contribution is 8.00. The van der Waals surface area contributed by atoms with Gasteiger partial charge in [0.05, 0.1) is 25.0 Å². The predicted octanol–water partition coefficient (Wildman–Crippen LogP) is 5.76. The zero-order valence-corrected chi connectivity index (χ0v) is 25.3. The summed E-state index contributed by atoms with van der Waals surface area (Å²) in [5.74, 6) is -1.75. The van der Waals surface area contributed by atoms with Crippen LogP contribution in [0.1, 0.15) is 40.3 Å². The van der Waals surface area contributed by atoms with Gasteiger partial charge in [-0.3, -0.25) is 4.79 Å². The average molecular weight is 631 g/mol. The standard InChI is InChI=1S/C34H32F2N4O4S/c1-22(34(42,19-40-21-37-20-39-40)30-14-13-27(35)15-31(30)36)45-28-17-43-33(44-18-28)25-11-9-24(10-12-25)32(41)38-16-26-7-4-6-23-5-2-3-8-29(23)26/h2-15,20-22,28,33,42H,16-19H2,1H3,(H,38,41). The van der Waals surface area contributed by atoms with Gasteiger partial charge in [-0.2, -0.15) is 5.10 Å². The molecule has 0 saturated carbocycles. The van der Waals surface area contributed by atoms with Gasteiger partial charge in [-0.05, 0) is 34.5 Å². The van der Waals surface area contributed by atoms with Crippen molar-refractivity contribution in [2.45, 2.75) is 42.4 Å². The molecule has 6 rings (SSSR count). The number of halogens is 2. The largest absolute Gasteiger partial charge is 0.382 e. The minimum atomic E-state index is -1.73. The molecular weight excluding hydrogens is 598 g/mol. The summed E-state index contributed by atoms with van der Waals surface area (Å²) in [5, 5.41) is 20.4. The third-order valence-corrected chi connectivity index (χ3v) is 9.42. The van der Waals surface area contributed by atoms with E-state index in [0.29, 0.717) is 25.3 Å². The molecule has 2 unspecified atom stereocenters. The van der Waals surface area contributed by atoms with Gasteiger partial charge in [-0.25, -0.2) is 18.4 Å². The molecule has 1 aliphatic rings. The summed E-state index contributed by atoms with van der Waals surface area (Å²) < 4.78 is 42.0. The van der Waals surface area contributed by atoms with Crippen molar-refractivity contribution in [3.63, 3.8) is 0 Å². The molecule has 1 amide bonds. The Morgan fingerprint density at radius 2 is 1.82 bits per heavy atom. The van der Waals surface area contributed by atoms with E-state index in [1.165, 1.54) is 35.2 Å². The quantitative estimate of drug-likeness (QED) is 0.202. The molecule has 8 nitrogen and oxygen atoms in total. The number of carbonyl (C=O) groups excluding carboxylic acids is 1. The van der Waals surface area contributed by atoms with Crippen LogP contribution in [-0.2, 0) is 28.2 Å². The lowest BCUT2D eigenvalue weighted by atomic mass is 9.90. The minimum Gasteiger partial charge on any atom is -0.382 e. The Balaban J connectivity index is 1.05. The summed E-state index contributed by atoms with van der Waals surface area (Å²) in [7, 11) is 0. The Morgan fingerprint density at radius 1 is 1.07 bits per heavy atom. The highest BCUT2D eigenvalue weighted by atomic mass is 32.2. The molecule has 0 bridgehead atoms. The van der Waals surface area contributed by atoms with Gasteiger partial charge in [0.25, 0.3) is 5.91 Å². The summed E-state index contributed by atoms with van der Waals surface area (Å²) in [5.41, 5.74) is 0.585. The number of hydrogen-bond donors (Lipinski definition) is 2. The molecule has 11 heteroatoms. The third-order valence-electron chi connectivity index (χ3n) is 7.97. The summed E-state index contributed by atoms with van der Waals surface area (Å²) in [6.07, 6.45) is 2.14. The number of hydrogen-bond acceptors (Lipinski definition) is 7. The molecule has 4 aromatic carbocycles. The first kappa shape index (κ1) is 30.8. The van der Waals surface area contributed by atoms with Crippen LogP contribution >= 0.6 is 11.8 Å². The highest BCUT2D eigenvalue weighted by Crippen LogP contribution is 2.39. The molecule has 1 saturated heterocycles. The molecule has 2 atom stereocenters. The Kier molecular flexibility index (Phi) is 9.22. The fraction of sp³-hybridized carbons (Fsp3) is 0.265. The molecule has 5 aromatic rings. The lowest BCUT2D eigenvalue weighted by molar-refractivity contribution is -0.180. The topological polar surface area (TPSA) is 98.5 Å². The van der Waals surface area contributed by atoms with E-state index in [-0.39, 0.29) is 23.3 Å². The van der Waals surface area contributed by atoms with Gasteiger partial charge in [0.15, 0.2) is 6.29 Å². The number of nitrogens with zero attached hydrogens (tertiary/aromatic N) is 3. The molecular formula is C34H32F2N4O4S. The number of rotatable bonds is 10. The van der Waals surface area contributed by atoms with E-state index in [1.807, 2.05) is 54.6 Å². The van der Waals surface area contributed by atoms with Crippen LogP contribution in [0.3, 0.4) is 0 Å². The first-order valence-corrected chi connectivity index (χ1v) is 15.5. The van der Waals surface area contributed by atoms with E-state index in [0.717, 1.165) is 34.0 Å². The lowest BCUT2D eigenvalue weighted by Gasteiger charge is -2.37. The molecule has 0 spiro atoms. The predicted molar refractivity (Wildman–Crippen MR) is 167 cm³/mol. The van der Waals surface area contributed by atoms with Crippen molar-refractivity contribution >= 4 is 28.4 Å². The lowest BCUT2D eigenvalue weighted by Crippen LogP contribution is -2.43. The van der Waals surface area contributed by atoms with Crippen LogP contribution in [0, 0.1) is 11.6 Å². The van der Waals surface area contributed by atoms with Crippen LogP contribution in [0.15, 0.2) is 97.6 Å². The Bertz CT molecular complexity index is 1760. The number of thioether (sulfide) groups is 1. The normalized spacial score (nSPS) is 18.8. The summed E-state index contributed by atoms with van der Waals surface area (Å²) >= 11 is 1.39. The van der Waals surface area contributed by atoms with Crippen LogP contribution in [0.4, 0.5) is 8.78 Å². The maximum atomic E-state index is 14.9. The van der Waals surface area contributed by atoms with Gasteiger partial charge < -0.3 is 19.9 Å². The van der Waals surface area contributed by atoms with E-state index < -0.39 is 28.8 Å². The van der Waals surface area contributed by atoms with Gasteiger partial charge in [-0.15, -0.1) is 11.8 Å². The Labute approximate surface area is 263 Å². The van der Waals surface area contributed by atoms with Gasteiger partial charge in [0.1, 0.15) is 29.9 Å². The number of fused-ring (bicyclic) bond motifs is 1. The Hall–Kier alpha value is -4.16. The molecule has 1 fully saturated rings. The van der Waals surface area contributed by atoms with E-state index >= 15 is 0 Å². The first-order chi connectivity index (χ1) is 21.8. The second-order valence-corrected chi connectivity index (χ2v) is 12.6. The number of amides is 1. The second kappa shape index (κ2) is 13.5. The number of aromatic nitrogens is 3. The van der Waals surface area contributed by atoms with Crippen molar-refractivity contribution in [1.82, 2.24) is 20.1 Å². The number of aliphatic hydroxyl groups is 1. The monoisotopic (exact) mass is 630 g/mol. The van der Waals surface area contributed by atoms with Crippen molar-refractivity contribution in [1.29, 1.82) is 0 Å². The van der Waals surface area contributed by atoms with E-state index in [2.05, 4.69) is 15.4 Å². The van der Waals surface area contributed by atoms with Gasteiger partial charge in [0.2, 0.25) is 0 Å². The highest BCUT2D eigenvalue weighted by Gasteiger charge is 2.41. The minimum absolute atomic E-state index is 0.0313. The maximum Gasteiger partial charge on any atom is 0.251 e. The smallest absolute Gasteiger partial charge is 0.251 e. The third kappa shape index (κ3) is 6.91. The first-order valence-electron chi connectivity index (χ1n) is 14.5. The van der Waals surface area contributed by atoms with Crippen LogP contribution in [-0.4, -0.2) is 49.5 Å². The molecule has 45 heavy (non-hydrogen) atoms. The zero-order valence-electron chi connectivity index (χ0n) is 24.5. The molecule has 0 aliphatic carbocycles. The number of carbonyl (C=O) groups is 1. The van der Waals surface area contributed by atoms with Crippen LogP contribution in [0.25, 0.3) is 10.8 Å². The van der Waals surface area contributed by atoms with Crippen molar-refractivity contribution in [3.05, 3.63) is 131 Å². The van der Waals surface area contributed by atoms with Crippen LogP contribution < -0.4 is 5.32 Å². The fourth-order valence-corrected chi connectivity index (χ4v) is 6.83. The molecule has 0 radical (unpaired) electrons. The van der Waals surface area contributed by atoms with Crippen LogP contribution in [0.5, 0.6) is 0 Å². The van der Waals surface area contributed by atoms with E-state index in [9.17, 15) is 18.7 Å². The van der Waals surface area contributed by atoms with Crippen molar-refractivity contribution in [2.75, 3.05) is 13.2 Å². The second-order valence-electron chi connectivity index (χ2n) is 11.0. The number of nitrogens with one attached hydrogen (secondary N) is 1. The van der Waals surface area contributed by atoms with Gasteiger partial charge in [0, 0.05) is 34.6 Å². The molecule has 2 heterocycles. The summed E-state index contributed by atoms with van der Waals surface area (Å²) in [6.45, 7) is 2.75. The fourth-order valence-electron chi connectivity index (χ4n) is 5.51. The van der Waals surface area contributed by atoms with E-state index in [4.69, 9.17) is 9.47 Å². The SMILES string of the molecule is CC(SC1COC(c2ccc(C(=O)NCc3cccc4ccccc34)cc2)OC1)C(O)(Cn1cncn1)c1ccc(F)cc1F. The van der Waals surface area contributed by atoms with Crippen molar-refractivity contribution in [3.8, 4) is 0 Å². The van der Waals surface area contributed by atoms with E-state index in [1.54, 1.807) is 19.1 Å². The van der Waals surface area contributed by atoms with Gasteiger partial charge in [-0.1, -0.05) is 67.6 Å².